The van der Waals surface area contributed by atoms with Gasteiger partial charge in [0.25, 0.3) is 0 Å². The summed E-state index contributed by atoms with van der Waals surface area (Å²) in [5.74, 6) is 2.18. The molecule has 0 fully saturated rings. The van der Waals surface area contributed by atoms with E-state index >= 15 is 0 Å². The summed E-state index contributed by atoms with van der Waals surface area (Å²) >= 11 is 0. The van der Waals surface area contributed by atoms with Crippen LogP contribution in [-0.4, -0.2) is 19.3 Å². The summed E-state index contributed by atoms with van der Waals surface area (Å²) in [7, 11) is 0. The Balaban J connectivity index is 0.00000448. The molecular weight excluding hydrogens is 796 g/mol. The zero-order valence-corrected chi connectivity index (χ0v) is 32.5. The summed E-state index contributed by atoms with van der Waals surface area (Å²) in [6, 6.07) is 36.3. The molecule has 4 aromatic carbocycles. The predicted molar refractivity (Wildman–Crippen MR) is 202 cm³/mol. The molecule has 50 heavy (non-hydrogen) atoms. The van der Waals surface area contributed by atoms with Gasteiger partial charge >= 0.3 is 21.1 Å². The van der Waals surface area contributed by atoms with Gasteiger partial charge in [0.2, 0.25) is 0 Å². The number of benzene rings is 4. The predicted octanol–water partition coefficient (Wildman–Crippen LogP) is 11.4. The van der Waals surface area contributed by atoms with Crippen LogP contribution in [0.5, 0.6) is 11.5 Å². The molecule has 256 valence electrons. The van der Waals surface area contributed by atoms with Crippen LogP contribution in [0, 0.1) is 19.1 Å². The van der Waals surface area contributed by atoms with Crippen LogP contribution < -0.4 is 4.74 Å². The van der Waals surface area contributed by atoms with Crippen molar-refractivity contribution in [2.24, 2.45) is 0 Å². The average Bonchev–Trinajstić information content (AvgIpc) is 3.58. The molecule has 0 aliphatic heterocycles. The quantitative estimate of drug-likeness (QED) is 0.157. The van der Waals surface area contributed by atoms with Crippen LogP contribution >= 0.6 is 0 Å². The maximum Gasteiger partial charge on any atom is 2.00 e. The van der Waals surface area contributed by atoms with Crippen LogP contribution in [0.25, 0.3) is 44.4 Å². The SMILES string of the molecule is [2H]c1ccc2c(c1)c1ccc(Oc3[c-]c(-n4nc(C)c(-c5ccccc5)c4C(C)C)cc(C(C)(C)C)c3)[c-]c1n2-c1cc(C(C)(C)C)ccn1.[Pt+2]. The molecule has 7 aromatic rings. The van der Waals surface area contributed by atoms with E-state index in [2.05, 4.69) is 134 Å². The van der Waals surface area contributed by atoms with Crippen molar-refractivity contribution in [2.45, 2.75) is 79.1 Å². The first-order valence-electron chi connectivity index (χ1n) is 17.5. The molecule has 0 atom stereocenters. The van der Waals surface area contributed by atoms with Gasteiger partial charge in [0.1, 0.15) is 5.82 Å². The van der Waals surface area contributed by atoms with Crippen molar-refractivity contribution in [3.05, 3.63) is 132 Å². The molecule has 0 amide bonds. The summed E-state index contributed by atoms with van der Waals surface area (Å²) in [6.07, 6.45) is 1.87. The van der Waals surface area contributed by atoms with E-state index in [9.17, 15) is 0 Å². The monoisotopic (exact) mass is 840 g/mol. The van der Waals surface area contributed by atoms with E-state index < -0.39 is 0 Å². The van der Waals surface area contributed by atoms with E-state index in [-0.39, 0.29) is 37.8 Å². The van der Waals surface area contributed by atoms with Crippen LogP contribution in [0.15, 0.2) is 97.2 Å². The first-order valence-corrected chi connectivity index (χ1v) is 17.0. The van der Waals surface area contributed by atoms with Crippen LogP contribution in [0.2, 0.25) is 0 Å². The second-order valence-corrected chi connectivity index (χ2v) is 15.3. The fourth-order valence-corrected chi connectivity index (χ4v) is 6.59. The van der Waals surface area contributed by atoms with Crippen LogP contribution in [-0.2, 0) is 31.9 Å². The molecule has 0 saturated carbocycles. The summed E-state index contributed by atoms with van der Waals surface area (Å²) in [6.45, 7) is 19.7. The summed E-state index contributed by atoms with van der Waals surface area (Å²) in [5.41, 5.74) is 9.18. The van der Waals surface area contributed by atoms with Gasteiger partial charge in [-0.15, -0.1) is 41.3 Å². The summed E-state index contributed by atoms with van der Waals surface area (Å²) in [5, 5.41) is 7.05. The van der Waals surface area contributed by atoms with E-state index in [4.69, 9.17) is 16.2 Å². The molecule has 6 heteroatoms. The Kier molecular flexibility index (Phi) is 9.07. The average molecular weight is 841 g/mol. The molecule has 0 radical (unpaired) electrons. The van der Waals surface area contributed by atoms with Crippen molar-refractivity contribution in [1.29, 1.82) is 0 Å². The van der Waals surface area contributed by atoms with Crippen LogP contribution in [0.3, 0.4) is 0 Å². The van der Waals surface area contributed by atoms with E-state index in [1.54, 1.807) is 0 Å². The Morgan fingerprint density at radius 1 is 0.780 bits per heavy atom. The molecule has 7 rings (SSSR count). The molecule has 0 unspecified atom stereocenters. The number of pyridine rings is 1. The van der Waals surface area contributed by atoms with E-state index in [1.807, 2.05) is 41.2 Å². The summed E-state index contributed by atoms with van der Waals surface area (Å²) in [4.78, 5) is 4.81. The summed E-state index contributed by atoms with van der Waals surface area (Å²) < 4.78 is 19.2. The largest absolute Gasteiger partial charge is 2.00 e. The Morgan fingerprint density at radius 3 is 2.22 bits per heavy atom. The number of aryl methyl sites for hydroxylation is 1. The Labute approximate surface area is 312 Å². The van der Waals surface area contributed by atoms with Gasteiger partial charge in [-0.25, -0.2) is 4.98 Å². The van der Waals surface area contributed by atoms with E-state index in [0.29, 0.717) is 17.5 Å². The number of nitrogens with zero attached hydrogens (tertiary/aromatic N) is 4. The zero-order chi connectivity index (χ0) is 35.5. The van der Waals surface area contributed by atoms with Crippen molar-refractivity contribution < 1.29 is 27.2 Å². The molecule has 3 heterocycles. The van der Waals surface area contributed by atoms with Gasteiger partial charge in [-0.05, 0) is 64.1 Å². The van der Waals surface area contributed by atoms with Crippen molar-refractivity contribution in [2.75, 3.05) is 0 Å². The van der Waals surface area contributed by atoms with Crippen molar-refractivity contribution in [3.63, 3.8) is 0 Å². The normalized spacial score (nSPS) is 12.4. The fraction of sp³-hybridized carbons (Fsp3) is 0.273. The van der Waals surface area contributed by atoms with Gasteiger partial charge in [-0.3, -0.25) is 4.68 Å². The third-order valence-corrected chi connectivity index (χ3v) is 9.18. The minimum Gasteiger partial charge on any atom is -0.509 e. The van der Waals surface area contributed by atoms with Crippen molar-refractivity contribution in [3.8, 4) is 34.1 Å². The molecule has 5 nitrogen and oxygen atoms in total. The Morgan fingerprint density at radius 2 is 1.52 bits per heavy atom. The molecule has 0 aliphatic rings. The maximum absolute atomic E-state index is 8.37. The zero-order valence-electron chi connectivity index (χ0n) is 31.3. The number of ether oxygens (including phenoxy) is 1. The fourth-order valence-electron chi connectivity index (χ4n) is 6.59. The molecule has 3 aromatic heterocycles. The first kappa shape index (κ1) is 34.0. The second kappa shape index (κ2) is 13.3. The second-order valence-electron chi connectivity index (χ2n) is 15.3. The molecule has 0 spiro atoms. The number of para-hydroxylation sites is 1. The third-order valence-electron chi connectivity index (χ3n) is 9.18. The van der Waals surface area contributed by atoms with Crippen molar-refractivity contribution >= 4 is 21.8 Å². The topological polar surface area (TPSA) is 44.9 Å². The van der Waals surface area contributed by atoms with Gasteiger partial charge in [-0.2, -0.15) is 11.2 Å². The number of aromatic nitrogens is 4. The number of hydrogen-bond donors (Lipinski definition) is 0. The number of rotatable bonds is 6. The number of fused-ring (bicyclic) bond motifs is 3. The standard InChI is InChI=1S/C44H44N4O.Pt/c1-28(2)42-41(30-15-11-10-12-16-30)29(3)46-48(42)33-23-32(44(7,8)9)24-35(26-33)49-34-19-20-37-36-17-13-14-18-38(36)47(39(37)27-34)40-25-31(21-22-45-40)43(4,5)6;/h10-25,28H,1-9H3;/q-2;+2/i13D;. The molecule has 0 aliphatic carbocycles. The molecule has 0 N–H and O–H groups in total. The van der Waals surface area contributed by atoms with Gasteiger partial charge in [0, 0.05) is 28.8 Å². The Hall–Kier alpha value is -4.47. The number of hydrogen-bond acceptors (Lipinski definition) is 3. The van der Waals surface area contributed by atoms with Gasteiger partial charge in [-0.1, -0.05) is 109 Å². The smallest absolute Gasteiger partial charge is 0.509 e. The van der Waals surface area contributed by atoms with E-state index in [0.717, 1.165) is 61.4 Å². The Bertz CT molecular complexity index is 2380. The maximum atomic E-state index is 8.37. The molecular formula is C44H44N4OPt. The van der Waals surface area contributed by atoms with E-state index in [1.165, 1.54) is 5.56 Å². The van der Waals surface area contributed by atoms with Crippen LogP contribution in [0.4, 0.5) is 0 Å². The first-order chi connectivity index (χ1) is 23.7. The van der Waals surface area contributed by atoms with Crippen LogP contribution in [0.1, 0.15) is 85.2 Å². The van der Waals surface area contributed by atoms with Gasteiger partial charge in [0.05, 0.1) is 12.8 Å². The van der Waals surface area contributed by atoms with Crippen molar-refractivity contribution in [1.82, 2.24) is 19.3 Å². The third kappa shape index (κ3) is 6.56. The molecule has 0 bridgehead atoms. The van der Waals surface area contributed by atoms with Gasteiger partial charge in [0.15, 0.2) is 0 Å². The van der Waals surface area contributed by atoms with Gasteiger partial charge < -0.3 is 9.30 Å². The minimum absolute atomic E-state index is 0. The molecule has 0 saturated heterocycles. The minimum atomic E-state index is -0.151.